The van der Waals surface area contributed by atoms with Crippen LogP contribution in [0.15, 0.2) is 0 Å². The zero-order valence-electron chi connectivity index (χ0n) is 33.6. The Kier molecular flexibility index (Phi) is 37.3. The van der Waals surface area contributed by atoms with Crippen molar-refractivity contribution in [3.8, 4) is 0 Å². The minimum Gasteiger partial charge on any atom is -0.462 e. The number of ether oxygens (including phenoxy) is 2. The number of carbonyl (C=O) groups is 2. The Bertz CT molecular complexity index is 693. The quantitative estimate of drug-likeness (QED) is 0.0512. The number of hydrogen-bond donors (Lipinski definition) is 1. The number of unbranched alkanes of at least 4 members (excludes halogenated alkanes) is 26. The van der Waals surface area contributed by atoms with E-state index in [0.717, 1.165) is 50.4 Å². The summed E-state index contributed by atoms with van der Waals surface area (Å²) in [5, 5.41) is 9.57. The Morgan fingerprint density at radius 3 is 1.14 bits per heavy atom. The normalized spacial score (nSPS) is 12.8. The van der Waals surface area contributed by atoms with Gasteiger partial charge in [0.2, 0.25) is 0 Å². The molecule has 0 aromatic heterocycles. The van der Waals surface area contributed by atoms with Gasteiger partial charge < -0.3 is 14.6 Å². The summed E-state index contributed by atoms with van der Waals surface area (Å²) in [6.07, 6.45) is 40.3. The van der Waals surface area contributed by atoms with Gasteiger partial charge in [0.05, 0.1) is 6.61 Å². The van der Waals surface area contributed by atoms with Gasteiger partial charge in [-0.2, -0.15) is 0 Å². The number of rotatable bonds is 39. The topological polar surface area (TPSA) is 72.8 Å². The molecule has 0 amide bonds. The lowest BCUT2D eigenvalue weighted by atomic mass is 9.99. The van der Waals surface area contributed by atoms with E-state index in [0.29, 0.717) is 12.8 Å². The fourth-order valence-electron chi connectivity index (χ4n) is 6.66. The minimum absolute atomic E-state index is 0.0585. The number of aliphatic hydroxyl groups is 1. The maximum atomic E-state index is 12.2. The van der Waals surface area contributed by atoms with E-state index in [1.807, 2.05) is 0 Å². The molecule has 0 spiro atoms. The third kappa shape index (κ3) is 38.0. The Labute approximate surface area is 306 Å². The predicted molar refractivity (Wildman–Crippen MR) is 210 cm³/mol. The molecule has 0 saturated heterocycles. The highest BCUT2D eigenvalue weighted by atomic mass is 16.6. The van der Waals surface area contributed by atoms with Gasteiger partial charge in [0, 0.05) is 12.8 Å². The van der Waals surface area contributed by atoms with E-state index in [1.165, 1.54) is 161 Å². The van der Waals surface area contributed by atoms with Crippen molar-refractivity contribution in [3.05, 3.63) is 0 Å². The molecule has 0 aromatic rings. The fourth-order valence-corrected chi connectivity index (χ4v) is 6.66. The second-order valence-corrected chi connectivity index (χ2v) is 15.9. The summed E-state index contributed by atoms with van der Waals surface area (Å²) in [5.41, 5.74) is 0. The van der Waals surface area contributed by atoms with Gasteiger partial charge in [-0.3, -0.25) is 9.59 Å². The summed E-state index contributed by atoms with van der Waals surface area (Å²) < 4.78 is 10.6. The summed E-state index contributed by atoms with van der Waals surface area (Å²) in [5.74, 6) is 1.17. The van der Waals surface area contributed by atoms with Gasteiger partial charge in [0.1, 0.15) is 6.61 Å². The lowest BCUT2D eigenvalue weighted by molar-refractivity contribution is -0.161. The predicted octanol–water partition coefficient (Wildman–Crippen LogP) is 13.6. The zero-order valence-corrected chi connectivity index (χ0v) is 33.6. The van der Waals surface area contributed by atoms with Crippen LogP contribution in [0.4, 0.5) is 0 Å². The van der Waals surface area contributed by atoms with Gasteiger partial charge in [-0.25, -0.2) is 0 Å². The van der Waals surface area contributed by atoms with E-state index >= 15 is 0 Å². The molecule has 5 nitrogen and oxygen atoms in total. The third-order valence-corrected chi connectivity index (χ3v) is 10.4. The smallest absolute Gasteiger partial charge is 0.306 e. The van der Waals surface area contributed by atoms with Crippen molar-refractivity contribution in [2.75, 3.05) is 13.2 Å². The van der Waals surface area contributed by atoms with Gasteiger partial charge in [0.25, 0.3) is 0 Å². The number of carbonyl (C=O) groups excluding carboxylic acids is 2. The molecule has 0 aromatic carbocycles. The van der Waals surface area contributed by atoms with Crippen LogP contribution in [0.3, 0.4) is 0 Å². The maximum absolute atomic E-state index is 12.2. The second-order valence-electron chi connectivity index (χ2n) is 15.9. The van der Waals surface area contributed by atoms with Crippen LogP contribution in [0.1, 0.15) is 240 Å². The van der Waals surface area contributed by atoms with Crippen LogP contribution >= 0.6 is 0 Å². The molecule has 5 heteroatoms. The third-order valence-electron chi connectivity index (χ3n) is 10.4. The molecular weight excluding hydrogens is 608 g/mol. The van der Waals surface area contributed by atoms with Crippen molar-refractivity contribution >= 4 is 11.9 Å². The molecule has 0 fully saturated rings. The molecule has 2 atom stereocenters. The number of aliphatic hydroxyl groups excluding tert-OH is 1. The van der Waals surface area contributed by atoms with Crippen LogP contribution in [-0.4, -0.2) is 36.4 Å². The van der Waals surface area contributed by atoms with Crippen molar-refractivity contribution in [3.63, 3.8) is 0 Å². The first kappa shape index (κ1) is 47.9. The summed E-state index contributed by atoms with van der Waals surface area (Å²) in [7, 11) is 0. The van der Waals surface area contributed by atoms with E-state index < -0.39 is 6.10 Å². The molecule has 0 radical (unpaired) electrons. The van der Waals surface area contributed by atoms with Crippen molar-refractivity contribution in [2.24, 2.45) is 11.8 Å². The van der Waals surface area contributed by atoms with Gasteiger partial charge >= 0.3 is 11.9 Å². The maximum Gasteiger partial charge on any atom is 0.306 e. The van der Waals surface area contributed by atoms with Gasteiger partial charge in [-0.15, -0.1) is 0 Å². The first-order valence-corrected chi connectivity index (χ1v) is 21.8. The Morgan fingerprint density at radius 1 is 0.469 bits per heavy atom. The molecular formula is C44H86O5. The number of hydrogen-bond acceptors (Lipinski definition) is 5. The monoisotopic (exact) mass is 695 g/mol. The molecule has 0 heterocycles. The summed E-state index contributed by atoms with van der Waals surface area (Å²) in [6, 6.07) is 0. The van der Waals surface area contributed by atoms with Crippen LogP contribution in [0.2, 0.25) is 0 Å². The van der Waals surface area contributed by atoms with Crippen LogP contribution in [0, 0.1) is 11.8 Å². The van der Waals surface area contributed by atoms with Crippen LogP contribution in [0.5, 0.6) is 0 Å². The Balaban J connectivity index is 3.46. The van der Waals surface area contributed by atoms with Crippen molar-refractivity contribution < 1.29 is 24.2 Å². The van der Waals surface area contributed by atoms with Gasteiger partial charge in [0.15, 0.2) is 6.10 Å². The minimum atomic E-state index is -0.763. The van der Waals surface area contributed by atoms with Crippen LogP contribution < -0.4 is 0 Å². The molecule has 0 aliphatic carbocycles. The SMILES string of the molecule is CCC(C)CCCCCCCCCCCCCCCCCCCCC(=O)O[C@@H](CO)COC(=O)CCCCCCCCCCCCC(C)C. The largest absolute Gasteiger partial charge is 0.462 e. The summed E-state index contributed by atoms with van der Waals surface area (Å²) >= 11 is 0. The number of esters is 2. The van der Waals surface area contributed by atoms with E-state index in [1.54, 1.807) is 0 Å². The molecule has 1 unspecified atom stereocenters. The highest BCUT2D eigenvalue weighted by molar-refractivity contribution is 5.70. The van der Waals surface area contributed by atoms with E-state index in [9.17, 15) is 14.7 Å². The zero-order chi connectivity index (χ0) is 36.0. The van der Waals surface area contributed by atoms with Crippen molar-refractivity contribution in [2.45, 2.75) is 246 Å². The van der Waals surface area contributed by atoms with Crippen LogP contribution in [0.25, 0.3) is 0 Å². The molecule has 0 aliphatic heterocycles. The highest BCUT2D eigenvalue weighted by Crippen LogP contribution is 2.17. The first-order valence-electron chi connectivity index (χ1n) is 21.8. The van der Waals surface area contributed by atoms with Crippen molar-refractivity contribution in [1.82, 2.24) is 0 Å². The molecule has 0 bridgehead atoms. The highest BCUT2D eigenvalue weighted by Gasteiger charge is 2.16. The average Bonchev–Trinajstić information content (AvgIpc) is 3.09. The molecule has 292 valence electrons. The van der Waals surface area contributed by atoms with E-state index in [4.69, 9.17) is 9.47 Å². The van der Waals surface area contributed by atoms with Crippen LogP contribution in [-0.2, 0) is 19.1 Å². The summed E-state index contributed by atoms with van der Waals surface area (Å²) in [6.45, 7) is 8.90. The first-order chi connectivity index (χ1) is 23.9. The van der Waals surface area contributed by atoms with Gasteiger partial charge in [-0.1, -0.05) is 214 Å². The standard InChI is InChI=1S/C44H86O5/c1-5-41(4)35-31-27-23-19-14-12-10-8-6-7-9-11-13-15-21-25-29-33-37-44(47)49-42(38-45)39-48-43(46)36-32-28-24-20-17-16-18-22-26-30-34-40(2)3/h40-42,45H,5-39H2,1-4H3/t41?,42-/m0/s1. The van der Waals surface area contributed by atoms with Gasteiger partial charge in [-0.05, 0) is 24.7 Å². The van der Waals surface area contributed by atoms with Crippen molar-refractivity contribution in [1.29, 1.82) is 0 Å². The Hall–Kier alpha value is -1.10. The molecule has 0 aliphatic rings. The average molecular weight is 695 g/mol. The fraction of sp³-hybridized carbons (Fsp3) is 0.955. The molecule has 49 heavy (non-hydrogen) atoms. The van der Waals surface area contributed by atoms with E-state index in [2.05, 4.69) is 27.7 Å². The van der Waals surface area contributed by atoms with E-state index in [-0.39, 0.29) is 25.2 Å². The lowest BCUT2D eigenvalue weighted by Crippen LogP contribution is -2.28. The lowest BCUT2D eigenvalue weighted by Gasteiger charge is -2.15. The molecule has 0 saturated carbocycles. The molecule has 1 N–H and O–H groups in total. The summed E-state index contributed by atoms with van der Waals surface area (Å²) in [4.78, 5) is 24.3. The molecule has 0 rings (SSSR count). The Morgan fingerprint density at radius 2 is 0.796 bits per heavy atom. The second kappa shape index (κ2) is 38.1.